The number of anilines is 1. The molecule has 33 heavy (non-hydrogen) atoms. The first-order valence-corrected chi connectivity index (χ1v) is 10.5. The Bertz CT molecular complexity index is 1220. The molecule has 4 rings (SSSR count). The van der Waals surface area contributed by atoms with Crippen molar-refractivity contribution >= 4 is 23.1 Å². The van der Waals surface area contributed by atoms with Gasteiger partial charge < -0.3 is 14.6 Å². The molecule has 0 bridgehead atoms. The number of benzene rings is 2. The van der Waals surface area contributed by atoms with Gasteiger partial charge in [-0.3, -0.25) is 19.5 Å². The van der Waals surface area contributed by atoms with Crippen LogP contribution in [0.25, 0.3) is 5.76 Å². The summed E-state index contributed by atoms with van der Waals surface area (Å²) in [6, 6.07) is 14.8. The van der Waals surface area contributed by atoms with Crippen molar-refractivity contribution in [2.24, 2.45) is 0 Å². The zero-order valence-corrected chi connectivity index (χ0v) is 18.6. The highest BCUT2D eigenvalue weighted by molar-refractivity contribution is 6.51. The van der Waals surface area contributed by atoms with Gasteiger partial charge in [0, 0.05) is 18.1 Å². The van der Waals surface area contributed by atoms with Gasteiger partial charge in [-0.2, -0.15) is 0 Å². The SMILES string of the molecule is CCOc1ccc(N2C(=O)C(=O)/C(=C(/O)c3cc(C)ccc3OC)C2c2cccnc2)cc1. The lowest BCUT2D eigenvalue weighted by molar-refractivity contribution is -0.132. The molecule has 1 amide bonds. The maximum Gasteiger partial charge on any atom is 0.300 e. The van der Waals surface area contributed by atoms with E-state index >= 15 is 0 Å². The van der Waals surface area contributed by atoms with Crippen molar-refractivity contribution in [3.63, 3.8) is 0 Å². The predicted octanol–water partition coefficient (Wildman–Crippen LogP) is 4.42. The van der Waals surface area contributed by atoms with E-state index in [1.807, 2.05) is 19.9 Å². The van der Waals surface area contributed by atoms with Crippen molar-refractivity contribution < 1.29 is 24.2 Å². The quantitative estimate of drug-likeness (QED) is 0.344. The third-order valence-corrected chi connectivity index (χ3v) is 5.48. The van der Waals surface area contributed by atoms with Gasteiger partial charge in [-0.1, -0.05) is 17.7 Å². The van der Waals surface area contributed by atoms with Gasteiger partial charge in [0.15, 0.2) is 0 Å². The molecule has 1 saturated heterocycles. The maximum atomic E-state index is 13.2. The number of aliphatic hydroxyl groups excluding tert-OH is 1. The van der Waals surface area contributed by atoms with Crippen LogP contribution in [0.4, 0.5) is 5.69 Å². The van der Waals surface area contributed by atoms with Gasteiger partial charge in [-0.25, -0.2) is 0 Å². The molecule has 1 aromatic heterocycles. The Balaban J connectivity index is 1.92. The molecule has 1 unspecified atom stereocenters. The third-order valence-electron chi connectivity index (χ3n) is 5.48. The highest BCUT2D eigenvalue weighted by Gasteiger charge is 2.47. The summed E-state index contributed by atoms with van der Waals surface area (Å²) in [7, 11) is 1.48. The first-order valence-electron chi connectivity index (χ1n) is 10.5. The molecule has 0 aliphatic carbocycles. The van der Waals surface area contributed by atoms with Crippen LogP contribution < -0.4 is 14.4 Å². The maximum absolute atomic E-state index is 13.2. The molecule has 1 atom stereocenters. The first-order chi connectivity index (χ1) is 16.0. The standard InChI is InChI=1S/C26H24N2O5/c1-4-33-19-10-8-18(9-11-19)28-23(17-6-5-13-27-15-17)22(25(30)26(28)31)24(29)20-14-16(2)7-12-21(20)32-3/h5-15,23,29H,4H2,1-3H3/b24-22+. The summed E-state index contributed by atoms with van der Waals surface area (Å²) in [6.45, 7) is 4.26. The number of hydrogen-bond acceptors (Lipinski definition) is 6. The van der Waals surface area contributed by atoms with Gasteiger partial charge in [0.25, 0.3) is 11.7 Å². The molecule has 7 heteroatoms. The highest BCUT2D eigenvalue weighted by Crippen LogP contribution is 2.43. The zero-order chi connectivity index (χ0) is 23.5. The number of methoxy groups -OCH3 is 1. The molecule has 2 heterocycles. The summed E-state index contributed by atoms with van der Waals surface area (Å²) in [6.07, 6.45) is 3.19. The summed E-state index contributed by atoms with van der Waals surface area (Å²) in [5.74, 6) is -0.758. The van der Waals surface area contributed by atoms with Crippen molar-refractivity contribution in [2.75, 3.05) is 18.6 Å². The molecule has 1 N–H and O–H groups in total. The highest BCUT2D eigenvalue weighted by atomic mass is 16.5. The average molecular weight is 444 g/mol. The number of nitrogens with zero attached hydrogens (tertiary/aromatic N) is 2. The Kier molecular flexibility index (Phi) is 6.13. The van der Waals surface area contributed by atoms with Crippen LogP contribution in [0.3, 0.4) is 0 Å². The zero-order valence-electron chi connectivity index (χ0n) is 18.6. The van der Waals surface area contributed by atoms with Gasteiger partial charge in [-0.05, 0) is 61.9 Å². The minimum atomic E-state index is -0.859. The van der Waals surface area contributed by atoms with E-state index in [0.29, 0.717) is 34.9 Å². The topological polar surface area (TPSA) is 89.0 Å². The van der Waals surface area contributed by atoms with E-state index in [4.69, 9.17) is 9.47 Å². The Morgan fingerprint density at radius 1 is 1.12 bits per heavy atom. The van der Waals surface area contributed by atoms with Gasteiger partial charge in [0.1, 0.15) is 17.3 Å². The number of pyridine rings is 1. The molecule has 168 valence electrons. The lowest BCUT2D eigenvalue weighted by Crippen LogP contribution is -2.29. The first kappa shape index (κ1) is 22.1. The van der Waals surface area contributed by atoms with E-state index < -0.39 is 17.7 Å². The molecule has 0 spiro atoms. The third kappa shape index (κ3) is 4.05. The number of ketones is 1. The molecular weight excluding hydrogens is 420 g/mol. The van der Waals surface area contributed by atoms with E-state index in [2.05, 4.69) is 4.98 Å². The van der Waals surface area contributed by atoms with Crippen molar-refractivity contribution in [2.45, 2.75) is 19.9 Å². The van der Waals surface area contributed by atoms with Crippen molar-refractivity contribution in [1.82, 2.24) is 4.98 Å². The number of ether oxygens (including phenoxy) is 2. The monoisotopic (exact) mass is 444 g/mol. The molecule has 1 aliphatic heterocycles. The molecule has 2 aromatic carbocycles. The van der Waals surface area contributed by atoms with E-state index in [1.165, 1.54) is 12.0 Å². The predicted molar refractivity (Wildman–Crippen MR) is 124 cm³/mol. The van der Waals surface area contributed by atoms with E-state index in [-0.39, 0.29) is 11.3 Å². The number of amides is 1. The molecule has 1 fully saturated rings. The van der Waals surface area contributed by atoms with Gasteiger partial charge in [0.05, 0.1) is 30.9 Å². The number of rotatable bonds is 6. The average Bonchev–Trinajstić information content (AvgIpc) is 3.10. The second-order valence-electron chi connectivity index (χ2n) is 7.59. The number of carbonyl (C=O) groups is 2. The fourth-order valence-electron chi connectivity index (χ4n) is 3.97. The second kappa shape index (κ2) is 9.16. The van der Waals surface area contributed by atoms with Gasteiger partial charge in [-0.15, -0.1) is 0 Å². The number of aromatic nitrogens is 1. The summed E-state index contributed by atoms with van der Waals surface area (Å²) < 4.78 is 10.9. The Morgan fingerprint density at radius 2 is 1.88 bits per heavy atom. The number of Topliss-reactive ketones (excluding diaryl/α,β-unsaturated/α-hetero) is 1. The Labute approximate surface area is 191 Å². The van der Waals surface area contributed by atoms with Crippen LogP contribution in [0.2, 0.25) is 0 Å². The van der Waals surface area contributed by atoms with Crippen LogP contribution in [0.5, 0.6) is 11.5 Å². The molecule has 0 radical (unpaired) electrons. The van der Waals surface area contributed by atoms with Crippen molar-refractivity contribution in [3.8, 4) is 11.5 Å². The number of hydrogen-bond donors (Lipinski definition) is 1. The lowest BCUT2D eigenvalue weighted by Gasteiger charge is -2.25. The van der Waals surface area contributed by atoms with E-state index in [1.54, 1.807) is 60.9 Å². The fraction of sp³-hybridized carbons (Fsp3) is 0.192. The van der Waals surface area contributed by atoms with Crippen LogP contribution in [0.15, 0.2) is 72.6 Å². The van der Waals surface area contributed by atoms with Gasteiger partial charge in [0.2, 0.25) is 0 Å². The minimum absolute atomic E-state index is 0.0224. The van der Waals surface area contributed by atoms with Crippen LogP contribution in [-0.2, 0) is 9.59 Å². The minimum Gasteiger partial charge on any atom is -0.507 e. The summed E-state index contributed by atoms with van der Waals surface area (Å²) >= 11 is 0. The van der Waals surface area contributed by atoms with Crippen molar-refractivity contribution in [1.29, 1.82) is 0 Å². The smallest absolute Gasteiger partial charge is 0.300 e. The molecule has 3 aromatic rings. The molecule has 7 nitrogen and oxygen atoms in total. The molecule has 1 aliphatic rings. The second-order valence-corrected chi connectivity index (χ2v) is 7.59. The van der Waals surface area contributed by atoms with Crippen LogP contribution >= 0.6 is 0 Å². The molecule has 0 saturated carbocycles. The summed E-state index contributed by atoms with van der Waals surface area (Å²) in [5, 5.41) is 11.3. The fourth-order valence-corrected chi connectivity index (χ4v) is 3.97. The van der Waals surface area contributed by atoms with Gasteiger partial charge >= 0.3 is 0 Å². The van der Waals surface area contributed by atoms with Crippen molar-refractivity contribution in [3.05, 3.63) is 89.3 Å². The van der Waals surface area contributed by atoms with E-state index in [0.717, 1.165) is 5.56 Å². The number of aliphatic hydroxyl groups is 1. The summed E-state index contributed by atoms with van der Waals surface area (Å²) in [5.41, 5.74) is 2.29. The van der Waals surface area contributed by atoms with E-state index in [9.17, 15) is 14.7 Å². The van der Waals surface area contributed by atoms with Crippen LogP contribution in [-0.4, -0.2) is 35.5 Å². The lowest BCUT2D eigenvalue weighted by atomic mass is 9.95. The van der Waals surface area contributed by atoms with Crippen LogP contribution in [0, 0.1) is 6.92 Å². The summed E-state index contributed by atoms with van der Waals surface area (Å²) in [4.78, 5) is 32.0. The largest absolute Gasteiger partial charge is 0.507 e. The normalized spacial score (nSPS) is 17.3. The number of carbonyl (C=O) groups excluding carboxylic acids is 2. The Morgan fingerprint density at radius 3 is 2.52 bits per heavy atom. The number of aryl methyl sites for hydroxylation is 1. The molecular formula is C26H24N2O5. The van der Waals surface area contributed by atoms with Crippen LogP contribution in [0.1, 0.15) is 29.7 Å². The Hall–Kier alpha value is -4.13.